The number of thiophene rings is 1. The van der Waals surface area contributed by atoms with Crippen molar-refractivity contribution in [1.82, 2.24) is 9.62 Å². The number of sulfonamides is 1. The van der Waals surface area contributed by atoms with Crippen molar-refractivity contribution < 1.29 is 17.9 Å². The molecule has 0 bridgehead atoms. The smallest absolute Gasteiger partial charge is 0.251 e. The Morgan fingerprint density at radius 2 is 2.09 bits per heavy atom. The molecule has 3 heterocycles. The zero-order chi connectivity index (χ0) is 15.6. The molecule has 1 aromatic heterocycles. The van der Waals surface area contributed by atoms with Gasteiger partial charge in [-0.15, -0.1) is 11.3 Å². The molecule has 22 heavy (non-hydrogen) atoms. The first kappa shape index (κ1) is 15.9. The van der Waals surface area contributed by atoms with E-state index in [4.69, 9.17) is 4.74 Å². The number of likely N-dealkylation sites (tertiary alicyclic amines) is 1. The number of rotatable bonds is 4. The normalized spacial score (nSPS) is 23.8. The molecule has 8 heteroatoms. The minimum Gasteiger partial charge on any atom is -0.368 e. The fraction of sp³-hybridized carbons (Fsp3) is 0.643. The zero-order valence-electron chi connectivity index (χ0n) is 12.2. The van der Waals surface area contributed by atoms with Crippen LogP contribution in [-0.2, 0) is 19.6 Å². The predicted octanol–water partition coefficient (Wildman–Crippen LogP) is 1.20. The molecule has 1 atom stereocenters. The van der Waals surface area contributed by atoms with Crippen LogP contribution < -0.4 is 4.72 Å². The standard InChI is InChI=1S/C14H20N2O4S2/c17-14(12-3-1-9-20-12)16-7-5-11(6-8-16)15-22(18,19)13-4-2-10-21-13/h2,4,10-12,15H,1,3,5-9H2/t12-/m0/s1. The van der Waals surface area contributed by atoms with Gasteiger partial charge in [0.15, 0.2) is 0 Å². The number of nitrogens with zero attached hydrogens (tertiary/aromatic N) is 1. The van der Waals surface area contributed by atoms with E-state index in [0.717, 1.165) is 12.8 Å². The number of carbonyl (C=O) groups excluding carboxylic acids is 1. The Bertz CT molecular complexity index is 601. The number of ether oxygens (including phenoxy) is 1. The van der Waals surface area contributed by atoms with Crippen molar-refractivity contribution in [2.24, 2.45) is 0 Å². The molecule has 1 N–H and O–H groups in total. The summed E-state index contributed by atoms with van der Waals surface area (Å²) in [6, 6.07) is 3.21. The van der Waals surface area contributed by atoms with Gasteiger partial charge in [-0.25, -0.2) is 13.1 Å². The first-order chi connectivity index (χ1) is 10.6. The van der Waals surface area contributed by atoms with Gasteiger partial charge in [0.05, 0.1) is 0 Å². The van der Waals surface area contributed by atoms with Crippen molar-refractivity contribution in [3.8, 4) is 0 Å². The fourth-order valence-electron chi connectivity index (χ4n) is 2.89. The molecule has 2 aliphatic rings. The zero-order valence-corrected chi connectivity index (χ0v) is 13.9. The monoisotopic (exact) mass is 344 g/mol. The minimum absolute atomic E-state index is 0.0528. The molecule has 3 rings (SSSR count). The Morgan fingerprint density at radius 1 is 1.32 bits per heavy atom. The Hall–Kier alpha value is -0.960. The van der Waals surface area contributed by atoms with Crippen molar-refractivity contribution in [3.63, 3.8) is 0 Å². The number of hydrogen-bond acceptors (Lipinski definition) is 5. The minimum atomic E-state index is -3.43. The van der Waals surface area contributed by atoms with Gasteiger partial charge < -0.3 is 9.64 Å². The summed E-state index contributed by atoms with van der Waals surface area (Å²) in [5.74, 6) is 0.0528. The molecule has 0 radical (unpaired) electrons. The molecular weight excluding hydrogens is 324 g/mol. The lowest BCUT2D eigenvalue weighted by Gasteiger charge is -2.33. The van der Waals surface area contributed by atoms with Gasteiger partial charge in [-0.3, -0.25) is 4.79 Å². The lowest BCUT2D eigenvalue weighted by molar-refractivity contribution is -0.142. The Labute approximate surface area is 134 Å². The van der Waals surface area contributed by atoms with E-state index in [1.165, 1.54) is 11.3 Å². The van der Waals surface area contributed by atoms with Crippen molar-refractivity contribution in [2.45, 2.75) is 42.0 Å². The van der Waals surface area contributed by atoms with E-state index < -0.39 is 10.0 Å². The van der Waals surface area contributed by atoms with Gasteiger partial charge in [-0.05, 0) is 37.1 Å². The lowest BCUT2D eigenvalue weighted by Crippen LogP contribution is -2.48. The van der Waals surface area contributed by atoms with Crippen LogP contribution in [0.15, 0.2) is 21.7 Å². The van der Waals surface area contributed by atoms with Crippen LogP contribution in [0.4, 0.5) is 0 Å². The van der Waals surface area contributed by atoms with Gasteiger partial charge in [0, 0.05) is 25.7 Å². The molecule has 2 saturated heterocycles. The summed E-state index contributed by atoms with van der Waals surface area (Å²) >= 11 is 1.21. The molecule has 2 fully saturated rings. The van der Waals surface area contributed by atoms with Crippen LogP contribution in [0.5, 0.6) is 0 Å². The highest BCUT2D eigenvalue weighted by Crippen LogP contribution is 2.21. The molecule has 0 unspecified atom stereocenters. The van der Waals surface area contributed by atoms with E-state index in [1.54, 1.807) is 22.4 Å². The summed E-state index contributed by atoms with van der Waals surface area (Å²) in [6.07, 6.45) is 2.72. The van der Waals surface area contributed by atoms with E-state index >= 15 is 0 Å². The van der Waals surface area contributed by atoms with Crippen LogP contribution >= 0.6 is 11.3 Å². The van der Waals surface area contributed by atoms with Crippen LogP contribution in [-0.4, -0.2) is 51.1 Å². The number of hydrogen-bond donors (Lipinski definition) is 1. The molecule has 0 aromatic carbocycles. The van der Waals surface area contributed by atoms with E-state index in [0.29, 0.717) is 36.7 Å². The molecule has 6 nitrogen and oxygen atoms in total. The first-order valence-electron chi connectivity index (χ1n) is 7.52. The number of nitrogens with one attached hydrogen (secondary N) is 1. The van der Waals surface area contributed by atoms with Crippen LogP contribution in [0.2, 0.25) is 0 Å². The van der Waals surface area contributed by atoms with Gasteiger partial charge in [-0.2, -0.15) is 0 Å². The second kappa shape index (κ2) is 6.66. The van der Waals surface area contributed by atoms with Crippen molar-refractivity contribution in [1.29, 1.82) is 0 Å². The van der Waals surface area contributed by atoms with Gasteiger partial charge >= 0.3 is 0 Å². The first-order valence-corrected chi connectivity index (χ1v) is 9.89. The molecule has 122 valence electrons. The summed E-state index contributed by atoms with van der Waals surface area (Å²) in [5.41, 5.74) is 0. The van der Waals surface area contributed by atoms with Crippen molar-refractivity contribution in [2.75, 3.05) is 19.7 Å². The third-order valence-corrected chi connectivity index (χ3v) is 7.01. The number of amides is 1. The van der Waals surface area contributed by atoms with E-state index in [2.05, 4.69) is 4.72 Å². The number of piperidine rings is 1. The van der Waals surface area contributed by atoms with Crippen LogP contribution in [0, 0.1) is 0 Å². The van der Waals surface area contributed by atoms with Crippen molar-refractivity contribution >= 4 is 27.3 Å². The maximum atomic E-state index is 12.2. The largest absolute Gasteiger partial charge is 0.368 e. The molecule has 0 aliphatic carbocycles. The highest BCUT2D eigenvalue weighted by Gasteiger charge is 2.32. The summed E-state index contributed by atoms with van der Waals surface area (Å²) in [5, 5.41) is 1.75. The van der Waals surface area contributed by atoms with E-state index in [9.17, 15) is 13.2 Å². The highest BCUT2D eigenvalue weighted by molar-refractivity contribution is 7.91. The third kappa shape index (κ3) is 3.51. The summed E-state index contributed by atoms with van der Waals surface area (Å²) < 4.78 is 32.9. The summed E-state index contributed by atoms with van der Waals surface area (Å²) in [7, 11) is -3.43. The highest BCUT2D eigenvalue weighted by atomic mass is 32.2. The Morgan fingerprint density at radius 3 is 2.68 bits per heavy atom. The quantitative estimate of drug-likeness (QED) is 0.890. The van der Waals surface area contributed by atoms with Gasteiger partial charge in [0.2, 0.25) is 10.0 Å². The van der Waals surface area contributed by atoms with Crippen molar-refractivity contribution in [3.05, 3.63) is 17.5 Å². The molecule has 1 amide bonds. The second-order valence-corrected chi connectivity index (χ2v) is 8.54. The molecule has 0 spiro atoms. The molecule has 2 aliphatic heterocycles. The summed E-state index contributed by atoms with van der Waals surface area (Å²) in [6.45, 7) is 1.82. The van der Waals surface area contributed by atoms with Crippen LogP contribution in [0.25, 0.3) is 0 Å². The van der Waals surface area contributed by atoms with Crippen LogP contribution in [0.3, 0.4) is 0 Å². The SMILES string of the molecule is O=C([C@@H]1CCCO1)N1CCC(NS(=O)(=O)c2cccs2)CC1. The number of carbonyl (C=O) groups is 1. The van der Waals surface area contributed by atoms with Gasteiger partial charge in [0.25, 0.3) is 5.91 Å². The third-order valence-electron chi connectivity index (χ3n) is 4.09. The average molecular weight is 344 g/mol. The fourth-order valence-corrected chi connectivity index (χ4v) is 5.20. The maximum absolute atomic E-state index is 12.2. The summed E-state index contributed by atoms with van der Waals surface area (Å²) in [4.78, 5) is 14.0. The Balaban J connectivity index is 1.52. The average Bonchev–Trinajstić information content (AvgIpc) is 3.20. The van der Waals surface area contributed by atoms with E-state index in [-0.39, 0.29) is 18.1 Å². The molecule has 0 saturated carbocycles. The topological polar surface area (TPSA) is 75.7 Å². The van der Waals surface area contributed by atoms with Gasteiger partial charge in [-0.1, -0.05) is 6.07 Å². The lowest BCUT2D eigenvalue weighted by atomic mass is 10.1. The molecule has 1 aromatic rings. The van der Waals surface area contributed by atoms with E-state index in [1.807, 2.05) is 0 Å². The predicted molar refractivity (Wildman–Crippen MR) is 83.2 cm³/mol. The maximum Gasteiger partial charge on any atom is 0.251 e. The van der Waals surface area contributed by atoms with Gasteiger partial charge in [0.1, 0.15) is 10.3 Å². The molecular formula is C14H20N2O4S2. The van der Waals surface area contributed by atoms with Crippen LogP contribution in [0.1, 0.15) is 25.7 Å². The second-order valence-electron chi connectivity index (χ2n) is 5.65. The Kier molecular flexibility index (Phi) is 4.82.